The van der Waals surface area contributed by atoms with Gasteiger partial charge in [0.05, 0.1) is 0 Å². The molecule has 1 aliphatic rings. The number of nitrogens with zero attached hydrogens (tertiary/aromatic N) is 1. The molecule has 1 unspecified atom stereocenters. The van der Waals surface area contributed by atoms with Gasteiger partial charge in [-0.25, -0.2) is 4.79 Å². The number of halogens is 2. The zero-order valence-corrected chi connectivity index (χ0v) is 13.9. The second kappa shape index (κ2) is 6.72. The summed E-state index contributed by atoms with van der Waals surface area (Å²) in [5, 5.41) is 10.1. The highest BCUT2D eigenvalue weighted by molar-refractivity contribution is 9.10. The number of carbonyl (C=O) groups is 2. The van der Waals surface area contributed by atoms with Gasteiger partial charge in [-0.3, -0.25) is 4.79 Å². The molecular weight excluding hydrogens is 390 g/mol. The Balaban J connectivity index is 2.16. The largest absolute Gasteiger partial charge is 0.480 e. The molecule has 1 aliphatic heterocycles. The van der Waals surface area contributed by atoms with Gasteiger partial charge < -0.3 is 10.0 Å². The van der Waals surface area contributed by atoms with Crippen LogP contribution in [0.25, 0.3) is 0 Å². The van der Waals surface area contributed by atoms with E-state index in [0.717, 1.165) is 15.4 Å². The van der Waals surface area contributed by atoms with Crippen LogP contribution >= 0.6 is 31.9 Å². The number of hydrogen-bond donors (Lipinski definition) is 1. The first-order chi connectivity index (χ1) is 9.51. The Hall–Kier alpha value is -0.880. The Kier molecular flexibility index (Phi) is 5.21. The van der Waals surface area contributed by atoms with Gasteiger partial charge in [0.15, 0.2) is 0 Å². The van der Waals surface area contributed by atoms with Crippen molar-refractivity contribution in [3.05, 3.63) is 34.3 Å². The van der Waals surface area contributed by atoms with Crippen LogP contribution in [-0.2, 0) is 16.0 Å². The van der Waals surface area contributed by atoms with E-state index < -0.39 is 12.0 Å². The van der Waals surface area contributed by atoms with Crippen LogP contribution in [0.2, 0.25) is 0 Å². The van der Waals surface area contributed by atoms with Crippen molar-refractivity contribution >= 4 is 43.7 Å². The molecule has 1 aromatic rings. The summed E-state index contributed by atoms with van der Waals surface area (Å²) >= 11 is 6.73. The number of carbonyl (C=O) groups excluding carboxylic acids is 1. The summed E-state index contributed by atoms with van der Waals surface area (Å²) in [6.07, 6.45) is 0.753. The predicted molar refractivity (Wildman–Crippen MR) is 82.9 cm³/mol. The molecule has 0 spiro atoms. The van der Waals surface area contributed by atoms with Crippen LogP contribution in [-0.4, -0.2) is 39.8 Å². The maximum Gasteiger partial charge on any atom is 0.326 e. The van der Waals surface area contributed by atoms with Crippen molar-refractivity contribution in [3.63, 3.8) is 0 Å². The van der Waals surface area contributed by atoms with Crippen LogP contribution in [0.5, 0.6) is 0 Å². The summed E-state index contributed by atoms with van der Waals surface area (Å²) < 4.78 is 0.908. The molecule has 4 nitrogen and oxygen atoms in total. The Morgan fingerprint density at radius 2 is 2.25 bits per heavy atom. The first kappa shape index (κ1) is 15.5. The quantitative estimate of drug-likeness (QED) is 0.767. The lowest BCUT2D eigenvalue weighted by atomic mass is 10.0. The van der Waals surface area contributed by atoms with E-state index in [1.54, 1.807) is 0 Å². The Bertz CT molecular complexity index is 521. The average molecular weight is 405 g/mol. The predicted octanol–water partition coefficient (Wildman–Crippen LogP) is 2.69. The fourth-order valence-corrected chi connectivity index (χ4v) is 3.31. The molecular formula is C14H15Br2NO3. The minimum absolute atomic E-state index is 0.0724. The van der Waals surface area contributed by atoms with Crippen molar-refractivity contribution in [1.82, 2.24) is 4.90 Å². The van der Waals surface area contributed by atoms with Gasteiger partial charge in [0.1, 0.15) is 6.04 Å². The van der Waals surface area contributed by atoms with Crippen LogP contribution in [0.3, 0.4) is 0 Å². The molecule has 0 aliphatic carbocycles. The minimum Gasteiger partial charge on any atom is -0.480 e. The van der Waals surface area contributed by atoms with Crippen molar-refractivity contribution < 1.29 is 14.7 Å². The maximum atomic E-state index is 12.0. The highest BCUT2D eigenvalue weighted by Gasteiger charge is 2.37. The molecule has 1 amide bonds. The lowest BCUT2D eigenvalue weighted by Crippen LogP contribution is -2.43. The molecule has 20 heavy (non-hydrogen) atoms. The van der Waals surface area contributed by atoms with E-state index in [4.69, 9.17) is 0 Å². The van der Waals surface area contributed by atoms with Crippen LogP contribution in [0, 0.1) is 5.92 Å². The second-order valence-corrected chi connectivity index (χ2v) is 6.52. The third-order valence-electron chi connectivity index (χ3n) is 3.44. The molecule has 0 bridgehead atoms. The number of benzene rings is 1. The van der Waals surface area contributed by atoms with Gasteiger partial charge >= 0.3 is 5.97 Å². The molecule has 0 radical (unpaired) electrons. The third kappa shape index (κ3) is 3.61. The molecule has 108 valence electrons. The van der Waals surface area contributed by atoms with E-state index in [1.165, 1.54) is 4.90 Å². The standard InChI is InChI=1S/C14H15Br2NO3/c15-7-10-6-13(18)17(8-10)12(14(19)20)5-9-2-1-3-11(16)4-9/h1-4,10,12H,5-8H2,(H,19,20)/t10?,12-/m0/s1. The number of alkyl halides is 1. The summed E-state index contributed by atoms with van der Waals surface area (Å²) in [5.74, 6) is -0.822. The van der Waals surface area contributed by atoms with Gasteiger partial charge in [-0.2, -0.15) is 0 Å². The number of amides is 1. The number of likely N-dealkylation sites (tertiary alicyclic amines) is 1. The van der Waals surface area contributed by atoms with E-state index in [1.807, 2.05) is 24.3 Å². The fourth-order valence-electron chi connectivity index (χ4n) is 2.43. The SMILES string of the molecule is O=C(O)[C@H](Cc1cccc(Br)c1)N1CC(CBr)CC1=O. The van der Waals surface area contributed by atoms with Gasteiger partial charge in [-0.15, -0.1) is 0 Å². The number of aliphatic carboxylic acids is 1. The molecule has 2 atom stereocenters. The van der Waals surface area contributed by atoms with Crippen molar-refractivity contribution in [2.45, 2.75) is 18.9 Å². The normalized spacial score (nSPS) is 20.2. The zero-order chi connectivity index (χ0) is 14.7. The Morgan fingerprint density at radius 1 is 1.50 bits per heavy atom. The number of carboxylic acids is 1. The maximum absolute atomic E-state index is 12.0. The second-order valence-electron chi connectivity index (χ2n) is 4.96. The minimum atomic E-state index is -0.950. The Labute approximate surface area is 134 Å². The molecule has 1 saturated heterocycles. The molecule has 0 aromatic heterocycles. The molecule has 1 fully saturated rings. The number of rotatable bonds is 5. The highest BCUT2D eigenvalue weighted by atomic mass is 79.9. The van der Waals surface area contributed by atoms with E-state index in [-0.39, 0.29) is 11.8 Å². The topological polar surface area (TPSA) is 57.6 Å². The summed E-state index contributed by atoms with van der Waals surface area (Å²) in [6.45, 7) is 0.509. The lowest BCUT2D eigenvalue weighted by molar-refractivity contribution is -0.148. The lowest BCUT2D eigenvalue weighted by Gasteiger charge is -2.24. The van der Waals surface area contributed by atoms with Gasteiger partial charge in [-0.05, 0) is 23.6 Å². The molecule has 6 heteroatoms. The molecule has 2 rings (SSSR count). The highest BCUT2D eigenvalue weighted by Crippen LogP contribution is 2.24. The molecule has 1 aromatic carbocycles. The van der Waals surface area contributed by atoms with Crippen LogP contribution in [0.15, 0.2) is 28.7 Å². The summed E-state index contributed by atoms with van der Waals surface area (Å²) in [6, 6.07) is 6.73. The monoisotopic (exact) mass is 403 g/mol. The molecule has 0 saturated carbocycles. The van der Waals surface area contributed by atoms with Gasteiger partial charge in [0.25, 0.3) is 0 Å². The number of carboxylic acid groups (broad SMARTS) is 1. The van der Waals surface area contributed by atoms with Crippen molar-refractivity contribution in [2.24, 2.45) is 5.92 Å². The smallest absolute Gasteiger partial charge is 0.326 e. The summed E-state index contributed by atoms with van der Waals surface area (Å²) in [5.41, 5.74) is 0.905. The fraction of sp³-hybridized carbons (Fsp3) is 0.429. The van der Waals surface area contributed by atoms with E-state index in [0.29, 0.717) is 19.4 Å². The average Bonchev–Trinajstić information content (AvgIpc) is 2.77. The van der Waals surface area contributed by atoms with Gasteiger partial charge in [-0.1, -0.05) is 44.0 Å². The van der Waals surface area contributed by atoms with Crippen molar-refractivity contribution in [3.8, 4) is 0 Å². The first-order valence-electron chi connectivity index (χ1n) is 6.34. The first-order valence-corrected chi connectivity index (χ1v) is 8.25. The number of hydrogen-bond acceptors (Lipinski definition) is 2. The van der Waals surface area contributed by atoms with Gasteiger partial charge in [0.2, 0.25) is 5.91 Å². The van der Waals surface area contributed by atoms with Crippen LogP contribution in [0.1, 0.15) is 12.0 Å². The van der Waals surface area contributed by atoms with Gasteiger partial charge in [0, 0.05) is 29.2 Å². The molecule has 1 heterocycles. The summed E-state index contributed by atoms with van der Waals surface area (Å²) in [4.78, 5) is 25.0. The van der Waals surface area contributed by atoms with Crippen molar-refractivity contribution in [2.75, 3.05) is 11.9 Å². The van der Waals surface area contributed by atoms with Crippen molar-refractivity contribution in [1.29, 1.82) is 0 Å². The van der Waals surface area contributed by atoms with E-state index in [9.17, 15) is 14.7 Å². The molecule has 1 N–H and O–H groups in total. The Morgan fingerprint density at radius 3 is 2.80 bits per heavy atom. The third-order valence-corrected chi connectivity index (χ3v) is 4.85. The van der Waals surface area contributed by atoms with Crippen LogP contribution in [0.4, 0.5) is 0 Å². The zero-order valence-electron chi connectivity index (χ0n) is 10.8. The van der Waals surface area contributed by atoms with E-state index in [2.05, 4.69) is 31.9 Å². The van der Waals surface area contributed by atoms with Crippen LogP contribution < -0.4 is 0 Å². The summed E-state index contributed by atoms with van der Waals surface area (Å²) in [7, 11) is 0. The van der Waals surface area contributed by atoms with E-state index >= 15 is 0 Å².